The Kier molecular flexibility index (Phi) is 7.89. The normalized spacial score (nSPS) is 21.7. The molecule has 0 radical (unpaired) electrons. The first-order valence-electron chi connectivity index (χ1n) is 13.8. The lowest BCUT2D eigenvalue weighted by molar-refractivity contribution is -0.154. The van der Waals surface area contributed by atoms with Gasteiger partial charge in [0.1, 0.15) is 18.2 Å². The highest BCUT2D eigenvalue weighted by Crippen LogP contribution is 2.43. The summed E-state index contributed by atoms with van der Waals surface area (Å²) >= 11 is 6.51. The third-order valence-electron chi connectivity index (χ3n) is 7.61. The van der Waals surface area contributed by atoms with E-state index >= 15 is 0 Å². The fourth-order valence-corrected chi connectivity index (χ4v) is 6.01. The average Bonchev–Trinajstić information content (AvgIpc) is 3.02. The molecule has 3 aromatic rings. The van der Waals surface area contributed by atoms with Gasteiger partial charge in [0.25, 0.3) is 5.91 Å². The summed E-state index contributed by atoms with van der Waals surface area (Å²) in [6.45, 7) is 6.91. The zero-order valence-corrected chi connectivity index (χ0v) is 23.9. The highest BCUT2D eigenvalue weighted by atomic mass is 35.5. The van der Waals surface area contributed by atoms with Crippen LogP contribution in [0.3, 0.4) is 0 Å². The minimum Gasteiger partial charge on any atom is -0.480 e. The maximum Gasteiger partial charge on any atom is 0.326 e. The van der Waals surface area contributed by atoms with Crippen LogP contribution in [0.15, 0.2) is 60.7 Å². The van der Waals surface area contributed by atoms with Gasteiger partial charge in [-0.25, -0.2) is 4.79 Å². The topological polar surface area (TPSA) is 87.2 Å². The number of carbonyl (C=O) groups is 3. The number of ether oxygens (including phenoxy) is 1. The van der Waals surface area contributed by atoms with E-state index in [0.717, 1.165) is 34.7 Å². The van der Waals surface area contributed by atoms with E-state index in [1.54, 1.807) is 11.0 Å². The molecule has 3 aromatic carbocycles. The molecule has 3 atom stereocenters. The number of anilines is 1. The van der Waals surface area contributed by atoms with Gasteiger partial charge >= 0.3 is 5.97 Å². The number of nitrogens with zero attached hydrogens (tertiary/aromatic N) is 2. The Hall–Kier alpha value is -3.42. The van der Waals surface area contributed by atoms with Crippen molar-refractivity contribution >= 4 is 45.8 Å². The standard InChI is InChI=1S/C32H35ClN2O5/c1-32(2,3)19-35-25-15-14-21(33)17-24(25)29(23-12-8-10-20-9-4-5-11-22(20)23)40-27(30(35)37)18-28(36)34-16-7-6-13-26(34)31(38)39/h4-5,8-12,14-15,17,26-27,29H,6-7,13,16,18-19H2,1-3H3,(H,38,39)/t26?,27-,29-/m0/s1. The third-order valence-corrected chi connectivity index (χ3v) is 7.85. The molecule has 1 fully saturated rings. The zero-order valence-electron chi connectivity index (χ0n) is 23.1. The summed E-state index contributed by atoms with van der Waals surface area (Å²) in [4.78, 5) is 42.9. The second-order valence-corrected chi connectivity index (χ2v) is 12.3. The van der Waals surface area contributed by atoms with Crippen molar-refractivity contribution in [3.05, 3.63) is 76.8 Å². The SMILES string of the molecule is CC(C)(C)CN1C(=O)[C@H](CC(=O)N2CCCCC2C(=O)O)O[C@@H](c2cccc3ccccc23)c2cc(Cl)ccc21. The van der Waals surface area contributed by atoms with E-state index in [1.807, 2.05) is 54.6 Å². The van der Waals surface area contributed by atoms with Crippen molar-refractivity contribution < 1.29 is 24.2 Å². The largest absolute Gasteiger partial charge is 0.480 e. The summed E-state index contributed by atoms with van der Waals surface area (Å²) in [5, 5.41) is 12.3. The molecule has 1 saturated heterocycles. The predicted molar refractivity (Wildman–Crippen MR) is 156 cm³/mol. The molecule has 0 aromatic heterocycles. The van der Waals surface area contributed by atoms with E-state index in [4.69, 9.17) is 16.3 Å². The Balaban J connectivity index is 1.62. The summed E-state index contributed by atoms with van der Waals surface area (Å²) < 4.78 is 6.66. The van der Waals surface area contributed by atoms with Crippen LogP contribution < -0.4 is 4.90 Å². The monoisotopic (exact) mass is 562 g/mol. The van der Waals surface area contributed by atoms with Gasteiger partial charge in [0.15, 0.2) is 0 Å². The average molecular weight is 563 g/mol. The Morgan fingerprint density at radius 1 is 1.02 bits per heavy atom. The second kappa shape index (κ2) is 11.2. The molecule has 2 heterocycles. The number of carbonyl (C=O) groups excluding carboxylic acids is 2. The van der Waals surface area contributed by atoms with E-state index in [2.05, 4.69) is 20.8 Å². The van der Waals surface area contributed by atoms with Gasteiger partial charge in [0.05, 0.1) is 6.42 Å². The van der Waals surface area contributed by atoms with E-state index in [1.165, 1.54) is 4.90 Å². The molecule has 2 aliphatic rings. The van der Waals surface area contributed by atoms with Crippen molar-refractivity contribution in [1.82, 2.24) is 4.90 Å². The number of hydrogen-bond acceptors (Lipinski definition) is 4. The predicted octanol–water partition coefficient (Wildman–Crippen LogP) is 6.22. The summed E-state index contributed by atoms with van der Waals surface area (Å²) in [6.07, 6.45) is -0.151. The van der Waals surface area contributed by atoms with Gasteiger partial charge in [-0.15, -0.1) is 0 Å². The first-order valence-corrected chi connectivity index (χ1v) is 14.2. The number of rotatable bonds is 5. The summed E-state index contributed by atoms with van der Waals surface area (Å²) in [7, 11) is 0. The van der Waals surface area contributed by atoms with Gasteiger partial charge in [-0.2, -0.15) is 0 Å². The Labute approximate surface area is 239 Å². The van der Waals surface area contributed by atoms with Crippen LogP contribution in [0.4, 0.5) is 5.69 Å². The van der Waals surface area contributed by atoms with Crippen LogP contribution in [0.1, 0.15) is 63.7 Å². The van der Waals surface area contributed by atoms with E-state index in [9.17, 15) is 19.5 Å². The Morgan fingerprint density at radius 2 is 1.77 bits per heavy atom. The number of carboxylic acids is 1. The Morgan fingerprint density at radius 3 is 2.52 bits per heavy atom. The maximum atomic E-state index is 14.2. The van der Waals surface area contributed by atoms with E-state index < -0.39 is 24.2 Å². The molecule has 2 amide bonds. The van der Waals surface area contributed by atoms with Crippen molar-refractivity contribution in [2.75, 3.05) is 18.0 Å². The van der Waals surface area contributed by atoms with Gasteiger partial charge in [0, 0.05) is 29.4 Å². The van der Waals surface area contributed by atoms with E-state index in [-0.39, 0.29) is 23.7 Å². The van der Waals surface area contributed by atoms with Crippen molar-refractivity contribution in [2.45, 2.75) is 64.7 Å². The molecule has 210 valence electrons. The number of benzene rings is 3. The molecule has 0 saturated carbocycles. The lowest BCUT2D eigenvalue weighted by atomic mass is 9.93. The van der Waals surface area contributed by atoms with E-state index in [0.29, 0.717) is 30.2 Å². The molecular weight excluding hydrogens is 528 g/mol. The molecule has 0 bridgehead atoms. The van der Waals surface area contributed by atoms with Crippen LogP contribution in [-0.2, 0) is 19.1 Å². The summed E-state index contributed by atoms with van der Waals surface area (Å²) in [5.74, 6) is -1.73. The number of carboxylic acid groups (broad SMARTS) is 1. The van der Waals surface area contributed by atoms with Crippen molar-refractivity contribution in [3.63, 3.8) is 0 Å². The highest BCUT2D eigenvalue weighted by molar-refractivity contribution is 6.30. The lowest BCUT2D eigenvalue weighted by Crippen LogP contribution is -2.50. The van der Waals surface area contributed by atoms with Crippen LogP contribution in [-0.4, -0.2) is 53.0 Å². The minimum atomic E-state index is -1.11. The Bertz CT molecular complexity index is 1440. The van der Waals surface area contributed by atoms with Gasteiger partial charge in [-0.1, -0.05) is 74.8 Å². The van der Waals surface area contributed by atoms with Gasteiger partial charge in [-0.3, -0.25) is 9.59 Å². The van der Waals surface area contributed by atoms with Gasteiger partial charge in [-0.05, 0) is 59.2 Å². The molecule has 7 nitrogen and oxygen atoms in total. The van der Waals surface area contributed by atoms with Crippen molar-refractivity contribution in [3.8, 4) is 0 Å². The van der Waals surface area contributed by atoms with Crippen LogP contribution >= 0.6 is 11.6 Å². The lowest BCUT2D eigenvalue weighted by Gasteiger charge is -2.35. The number of piperidine rings is 1. The number of likely N-dealkylation sites (tertiary alicyclic amines) is 1. The molecule has 40 heavy (non-hydrogen) atoms. The molecule has 1 N–H and O–H groups in total. The molecule has 0 aliphatic carbocycles. The molecule has 8 heteroatoms. The number of aliphatic carboxylic acids is 1. The van der Waals surface area contributed by atoms with Crippen LogP contribution in [0, 0.1) is 5.41 Å². The summed E-state index contributed by atoms with van der Waals surface area (Å²) in [6, 6.07) is 18.5. The molecule has 0 spiro atoms. The number of halogens is 1. The van der Waals surface area contributed by atoms with Crippen molar-refractivity contribution in [2.24, 2.45) is 5.41 Å². The molecule has 2 aliphatic heterocycles. The third kappa shape index (κ3) is 5.72. The zero-order chi connectivity index (χ0) is 28.6. The van der Waals surface area contributed by atoms with Crippen LogP contribution in [0.2, 0.25) is 5.02 Å². The van der Waals surface area contributed by atoms with Gasteiger partial charge < -0.3 is 19.6 Å². The molecule has 1 unspecified atom stereocenters. The number of hydrogen-bond donors (Lipinski definition) is 1. The number of amides is 2. The smallest absolute Gasteiger partial charge is 0.326 e. The molecule has 5 rings (SSSR count). The first-order chi connectivity index (χ1) is 19.0. The minimum absolute atomic E-state index is 0.244. The van der Waals surface area contributed by atoms with Gasteiger partial charge in [0.2, 0.25) is 5.91 Å². The maximum absolute atomic E-state index is 14.2. The highest BCUT2D eigenvalue weighted by Gasteiger charge is 2.41. The molecular formula is C32H35ClN2O5. The fourth-order valence-electron chi connectivity index (χ4n) is 5.82. The van der Waals surface area contributed by atoms with Crippen LogP contribution in [0.25, 0.3) is 10.8 Å². The van der Waals surface area contributed by atoms with Crippen LogP contribution in [0.5, 0.6) is 0 Å². The number of fused-ring (bicyclic) bond motifs is 2. The second-order valence-electron chi connectivity index (χ2n) is 11.9. The summed E-state index contributed by atoms with van der Waals surface area (Å²) in [5.41, 5.74) is 2.06. The fraction of sp³-hybridized carbons (Fsp3) is 0.406. The quantitative estimate of drug-likeness (QED) is 0.399. The first kappa shape index (κ1) is 28.1. The van der Waals surface area contributed by atoms with Crippen molar-refractivity contribution in [1.29, 1.82) is 0 Å².